The predicted octanol–water partition coefficient (Wildman–Crippen LogP) is 5.58. The summed E-state index contributed by atoms with van der Waals surface area (Å²) in [5, 5.41) is 10.1. The van der Waals surface area contributed by atoms with Gasteiger partial charge in [0, 0.05) is 23.7 Å². The van der Waals surface area contributed by atoms with Gasteiger partial charge in [-0.25, -0.2) is 12.8 Å². The number of rotatable bonds is 7. The Morgan fingerprint density at radius 2 is 1.95 bits per heavy atom. The molecule has 4 rings (SSSR count). The van der Waals surface area contributed by atoms with Crippen molar-refractivity contribution in [3.63, 3.8) is 0 Å². The third kappa shape index (κ3) is 4.85. The molecule has 2 aromatic heterocycles. The molecular formula is C23H20F6N4O3S. The second-order valence-corrected chi connectivity index (χ2v) is 10.4. The zero-order chi connectivity index (χ0) is 27.3. The molecule has 1 aliphatic carbocycles. The SMILES string of the molecule is Cc1c(F)c(OC(F)F)cc2c1c(C#N)c(-c1ccc(S(=O)(=O)NC(C)C(F)(F)F)cn1)n2C1CCC1. The maximum atomic E-state index is 14.9. The van der Waals surface area contributed by atoms with E-state index in [-0.39, 0.29) is 39.5 Å². The molecule has 1 saturated carbocycles. The number of hydrogen-bond donors (Lipinski definition) is 1. The number of nitrogens with zero attached hydrogens (tertiary/aromatic N) is 3. The van der Waals surface area contributed by atoms with Gasteiger partial charge in [-0.15, -0.1) is 0 Å². The molecule has 7 nitrogen and oxygen atoms in total. The first-order valence-electron chi connectivity index (χ1n) is 11.0. The Kier molecular flexibility index (Phi) is 6.89. The van der Waals surface area contributed by atoms with Crippen LogP contribution in [-0.4, -0.2) is 36.8 Å². The van der Waals surface area contributed by atoms with Gasteiger partial charge in [-0.3, -0.25) is 4.98 Å². The topological polar surface area (TPSA) is 97.0 Å². The van der Waals surface area contributed by atoms with Crippen LogP contribution >= 0.6 is 0 Å². The summed E-state index contributed by atoms with van der Waals surface area (Å²) < 4.78 is 112. The van der Waals surface area contributed by atoms with Gasteiger partial charge in [0.25, 0.3) is 0 Å². The molecule has 198 valence electrons. The molecule has 14 heteroatoms. The van der Waals surface area contributed by atoms with Crippen LogP contribution in [0.2, 0.25) is 0 Å². The number of aromatic nitrogens is 2. The van der Waals surface area contributed by atoms with Crippen LogP contribution in [0.3, 0.4) is 0 Å². The summed E-state index contributed by atoms with van der Waals surface area (Å²) in [5.74, 6) is -1.74. The minimum atomic E-state index is -4.80. The molecule has 3 aromatic rings. The molecule has 1 aromatic carbocycles. The minimum Gasteiger partial charge on any atom is -0.432 e. The van der Waals surface area contributed by atoms with E-state index in [1.165, 1.54) is 17.7 Å². The van der Waals surface area contributed by atoms with Crippen LogP contribution in [0.1, 0.15) is 43.4 Å². The highest BCUT2D eigenvalue weighted by Crippen LogP contribution is 2.45. The number of benzene rings is 1. The average molecular weight is 546 g/mol. The number of sulfonamides is 1. The second kappa shape index (κ2) is 9.53. The number of ether oxygens (including phenoxy) is 1. The number of alkyl halides is 5. The first-order valence-corrected chi connectivity index (χ1v) is 12.5. The largest absolute Gasteiger partial charge is 0.432 e. The van der Waals surface area contributed by atoms with E-state index in [0.29, 0.717) is 19.8 Å². The maximum absolute atomic E-state index is 14.9. The van der Waals surface area contributed by atoms with Gasteiger partial charge in [0.15, 0.2) is 11.6 Å². The number of aryl methyl sites for hydroxylation is 1. The van der Waals surface area contributed by atoms with Crippen LogP contribution in [0.5, 0.6) is 5.75 Å². The molecule has 0 radical (unpaired) electrons. The van der Waals surface area contributed by atoms with Crippen molar-refractivity contribution in [3.8, 4) is 23.2 Å². The van der Waals surface area contributed by atoms with E-state index in [2.05, 4.69) is 9.72 Å². The van der Waals surface area contributed by atoms with Crippen molar-refractivity contribution >= 4 is 20.9 Å². The van der Waals surface area contributed by atoms with Crippen molar-refractivity contribution in [2.45, 2.75) is 62.9 Å². The number of nitriles is 1. The highest BCUT2D eigenvalue weighted by atomic mass is 32.2. The number of pyridine rings is 1. The Morgan fingerprint density at radius 3 is 2.43 bits per heavy atom. The van der Waals surface area contributed by atoms with Gasteiger partial charge in [-0.2, -0.15) is 31.9 Å². The number of hydrogen-bond acceptors (Lipinski definition) is 5. The Bertz CT molecular complexity index is 1490. The van der Waals surface area contributed by atoms with Crippen LogP contribution in [0.25, 0.3) is 22.3 Å². The molecule has 1 N–H and O–H groups in total. The summed E-state index contributed by atoms with van der Waals surface area (Å²) in [5.41, 5.74) is 0.477. The fourth-order valence-electron chi connectivity index (χ4n) is 4.22. The summed E-state index contributed by atoms with van der Waals surface area (Å²) in [6.45, 7) is -1.30. The van der Waals surface area contributed by atoms with Crippen LogP contribution in [0, 0.1) is 24.1 Å². The molecule has 0 amide bonds. The van der Waals surface area contributed by atoms with Gasteiger partial charge in [0.05, 0.1) is 22.5 Å². The zero-order valence-corrected chi connectivity index (χ0v) is 20.2. The van der Waals surface area contributed by atoms with Crippen molar-refractivity contribution in [2.75, 3.05) is 0 Å². The van der Waals surface area contributed by atoms with E-state index in [4.69, 9.17) is 0 Å². The number of fused-ring (bicyclic) bond motifs is 1. The Balaban J connectivity index is 1.88. The summed E-state index contributed by atoms with van der Waals surface area (Å²) in [6.07, 6.45) is -1.75. The molecular weight excluding hydrogens is 526 g/mol. The van der Waals surface area contributed by atoms with Crippen molar-refractivity contribution in [1.82, 2.24) is 14.3 Å². The summed E-state index contributed by atoms with van der Waals surface area (Å²) in [7, 11) is -4.57. The molecule has 0 aliphatic heterocycles. The van der Waals surface area contributed by atoms with Gasteiger partial charge in [0.1, 0.15) is 17.0 Å². The number of nitrogens with one attached hydrogen (secondary N) is 1. The average Bonchev–Trinajstić information content (AvgIpc) is 3.08. The van der Waals surface area contributed by atoms with E-state index < -0.39 is 45.3 Å². The van der Waals surface area contributed by atoms with Crippen molar-refractivity contribution in [3.05, 3.63) is 41.3 Å². The summed E-state index contributed by atoms with van der Waals surface area (Å²) in [4.78, 5) is 3.56. The molecule has 1 aliphatic rings. The third-order valence-corrected chi connectivity index (χ3v) is 7.84. The fourth-order valence-corrected chi connectivity index (χ4v) is 5.40. The van der Waals surface area contributed by atoms with Crippen molar-refractivity contribution in [1.29, 1.82) is 5.26 Å². The lowest BCUT2D eigenvalue weighted by atomic mass is 9.92. The molecule has 0 saturated heterocycles. The first-order chi connectivity index (χ1) is 17.3. The van der Waals surface area contributed by atoms with E-state index in [9.17, 15) is 40.0 Å². The second-order valence-electron chi connectivity index (χ2n) is 8.64. The molecule has 1 atom stereocenters. The van der Waals surface area contributed by atoms with E-state index >= 15 is 0 Å². The lowest BCUT2D eigenvalue weighted by molar-refractivity contribution is -0.147. The summed E-state index contributed by atoms with van der Waals surface area (Å²) >= 11 is 0. The van der Waals surface area contributed by atoms with Crippen LogP contribution < -0.4 is 9.46 Å². The summed E-state index contributed by atoms with van der Waals surface area (Å²) in [6, 6.07) is 2.84. The molecule has 2 heterocycles. The molecule has 0 spiro atoms. The first kappa shape index (κ1) is 26.7. The lowest BCUT2D eigenvalue weighted by Gasteiger charge is -2.30. The number of halogens is 6. The van der Waals surface area contributed by atoms with Crippen LogP contribution in [0.4, 0.5) is 26.3 Å². The molecule has 1 unspecified atom stereocenters. The Morgan fingerprint density at radius 1 is 1.27 bits per heavy atom. The van der Waals surface area contributed by atoms with Crippen molar-refractivity contribution < 1.29 is 39.5 Å². The minimum absolute atomic E-state index is 0.00572. The van der Waals surface area contributed by atoms with E-state index in [0.717, 1.165) is 24.8 Å². The Labute approximate surface area is 207 Å². The standard InChI is InChI=1S/C23H20F6N4O3S/c1-11-19-15(9-30)21(16-7-6-14(10-31-16)37(34,35)32-12(2)23(27,28)29)33(13-4-3-5-13)17(19)8-18(20(11)24)36-22(25)26/h6-8,10,12-13,22,32H,3-5H2,1-2H3. The van der Waals surface area contributed by atoms with E-state index in [1.54, 1.807) is 4.57 Å². The van der Waals surface area contributed by atoms with Crippen molar-refractivity contribution in [2.24, 2.45) is 0 Å². The zero-order valence-electron chi connectivity index (χ0n) is 19.4. The van der Waals surface area contributed by atoms with Gasteiger partial charge in [-0.1, -0.05) is 0 Å². The van der Waals surface area contributed by atoms with Gasteiger partial charge in [0.2, 0.25) is 10.0 Å². The van der Waals surface area contributed by atoms with E-state index in [1.807, 2.05) is 6.07 Å². The Hall–Kier alpha value is -3.31. The van der Waals surface area contributed by atoms with Gasteiger partial charge < -0.3 is 9.30 Å². The van der Waals surface area contributed by atoms with Crippen LogP contribution in [0.15, 0.2) is 29.3 Å². The predicted molar refractivity (Wildman–Crippen MR) is 120 cm³/mol. The van der Waals surface area contributed by atoms with Crippen LogP contribution in [-0.2, 0) is 10.0 Å². The third-order valence-electron chi connectivity index (χ3n) is 6.31. The highest BCUT2D eigenvalue weighted by Gasteiger charge is 2.39. The van der Waals surface area contributed by atoms with Gasteiger partial charge >= 0.3 is 12.8 Å². The maximum Gasteiger partial charge on any atom is 0.404 e. The highest BCUT2D eigenvalue weighted by molar-refractivity contribution is 7.89. The normalized spacial score (nSPS) is 15.6. The molecule has 1 fully saturated rings. The molecule has 0 bridgehead atoms. The van der Waals surface area contributed by atoms with Gasteiger partial charge in [-0.05, 0) is 50.8 Å². The monoisotopic (exact) mass is 546 g/mol. The fraction of sp³-hybridized carbons (Fsp3) is 0.391. The smallest absolute Gasteiger partial charge is 0.404 e. The molecule has 37 heavy (non-hydrogen) atoms. The lowest BCUT2D eigenvalue weighted by Crippen LogP contribution is -2.42. The quantitative estimate of drug-likeness (QED) is 0.391.